The number of nitrogens with two attached hydrogens (primary N) is 1. The Morgan fingerprint density at radius 3 is 2.09 bits per heavy atom. The molecule has 2 N–H and O–H groups in total. The lowest BCUT2D eigenvalue weighted by molar-refractivity contribution is -0.207. The molecule has 32 heavy (non-hydrogen) atoms. The summed E-state index contributed by atoms with van der Waals surface area (Å²) in [6.45, 7) is -0.743. The van der Waals surface area contributed by atoms with Gasteiger partial charge >= 0.3 is 11.6 Å². The van der Waals surface area contributed by atoms with Gasteiger partial charge in [0.1, 0.15) is 12.4 Å². The van der Waals surface area contributed by atoms with Gasteiger partial charge in [0.05, 0.1) is 26.4 Å². The fourth-order valence-electron chi connectivity index (χ4n) is 2.94. The normalized spacial score (nSPS) is 12.6. The summed E-state index contributed by atoms with van der Waals surface area (Å²) in [6.07, 6.45) is -0.801. The van der Waals surface area contributed by atoms with Crippen LogP contribution in [0.15, 0.2) is 77.7 Å². The molecule has 0 bridgehead atoms. The highest BCUT2D eigenvalue weighted by Gasteiger charge is 2.43. The van der Waals surface area contributed by atoms with Crippen LogP contribution in [0.1, 0.15) is 17.4 Å². The Hall–Kier alpha value is -3.14. The first kappa shape index (κ1) is 23.5. The number of halogens is 2. The SMILES string of the molecule is Nc1ccn(C(OCCOCc2ccccc2)C(F)(F)COCc2ccccc2)c(=O)n1. The summed E-state index contributed by atoms with van der Waals surface area (Å²) < 4.78 is 46.8. The molecule has 7 nitrogen and oxygen atoms in total. The maximum Gasteiger partial charge on any atom is 0.351 e. The summed E-state index contributed by atoms with van der Waals surface area (Å²) in [5.41, 5.74) is 6.24. The van der Waals surface area contributed by atoms with Crippen molar-refractivity contribution in [3.63, 3.8) is 0 Å². The molecule has 0 radical (unpaired) electrons. The molecule has 1 heterocycles. The number of rotatable bonds is 12. The van der Waals surface area contributed by atoms with Crippen molar-refractivity contribution >= 4 is 5.82 Å². The van der Waals surface area contributed by atoms with Gasteiger partial charge in [0, 0.05) is 6.20 Å². The number of anilines is 1. The van der Waals surface area contributed by atoms with Gasteiger partial charge in [0.15, 0.2) is 0 Å². The maximum atomic E-state index is 15.0. The van der Waals surface area contributed by atoms with Crippen LogP contribution in [0.2, 0.25) is 0 Å². The Balaban J connectivity index is 1.62. The van der Waals surface area contributed by atoms with Crippen molar-refractivity contribution in [3.05, 3.63) is 94.5 Å². The monoisotopic (exact) mass is 445 g/mol. The molecule has 9 heteroatoms. The van der Waals surface area contributed by atoms with Gasteiger partial charge < -0.3 is 19.9 Å². The third-order valence-electron chi connectivity index (χ3n) is 4.49. The quantitative estimate of drug-likeness (QED) is 0.430. The minimum absolute atomic E-state index is 0.00176. The predicted molar refractivity (Wildman–Crippen MR) is 115 cm³/mol. The van der Waals surface area contributed by atoms with E-state index in [2.05, 4.69) is 4.98 Å². The minimum Gasteiger partial charge on any atom is -0.383 e. The molecule has 0 saturated heterocycles. The van der Waals surface area contributed by atoms with E-state index in [-0.39, 0.29) is 25.6 Å². The molecule has 0 amide bonds. The second-order valence-corrected chi connectivity index (χ2v) is 7.04. The van der Waals surface area contributed by atoms with E-state index in [0.29, 0.717) is 11.2 Å². The highest BCUT2D eigenvalue weighted by molar-refractivity contribution is 5.23. The van der Waals surface area contributed by atoms with Gasteiger partial charge in [-0.2, -0.15) is 13.8 Å². The molecule has 0 spiro atoms. The average Bonchev–Trinajstić information content (AvgIpc) is 2.78. The highest BCUT2D eigenvalue weighted by atomic mass is 19.3. The third-order valence-corrected chi connectivity index (χ3v) is 4.49. The lowest BCUT2D eigenvalue weighted by Crippen LogP contribution is -2.42. The molecule has 0 fully saturated rings. The number of benzene rings is 2. The van der Waals surface area contributed by atoms with Crippen molar-refractivity contribution in [2.24, 2.45) is 0 Å². The number of nitrogen functional groups attached to an aromatic ring is 1. The van der Waals surface area contributed by atoms with E-state index in [1.54, 1.807) is 24.3 Å². The van der Waals surface area contributed by atoms with Crippen LogP contribution < -0.4 is 11.4 Å². The molecule has 1 unspecified atom stereocenters. The second-order valence-electron chi connectivity index (χ2n) is 7.04. The smallest absolute Gasteiger partial charge is 0.351 e. The molecule has 170 valence electrons. The number of aromatic nitrogens is 2. The fourth-order valence-corrected chi connectivity index (χ4v) is 2.94. The second kappa shape index (κ2) is 11.5. The summed E-state index contributed by atoms with van der Waals surface area (Å²) in [5.74, 6) is -3.59. The highest BCUT2D eigenvalue weighted by Crippen LogP contribution is 2.30. The molecule has 0 aliphatic carbocycles. The van der Waals surface area contributed by atoms with E-state index in [0.717, 1.165) is 17.3 Å². The van der Waals surface area contributed by atoms with Crippen LogP contribution in [-0.4, -0.2) is 35.3 Å². The van der Waals surface area contributed by atoms with E-state index in [4.69, 9.17) is 19.9 Å². The molecule has 1 aromatic heterocycles. The molecule has 2 aromatic carbocycles. The Morgan fingerprint density at radius 2 is 1.50 bits per heavy atom. The minimum atomic E-state index is -3.52. The molecule has 3 rings (SSSR count). The molecule has 1 atom stereocenters. The molecule has 0 aliphatic heterocycles. The average molecular weight is 445 g/mol. The third kappa shape index (κ3) is 6.94. The predicted octanol–water partition coefficient (Wildman–Crippen LogP) is 3.41. The van der Waals surface area contributed by atoms with Crippen LogP contribution in [0, 0.1) is 0 Å². The van der Waals surface area contributed by atoms with E-state index < -0.39 is 24.4 Å². The number of hydrogen-bond donors (Lipinski definition) is 1. The van der Waals surface area contributed by atoms with E-state index >= 15 is 8.78 Å². The summed E-state index contributed by atoms with van der Waals surface area (Å²) in [4.78, 5) is 15.7. The Bertz CT molecular complexity index is 1020. The Morgan fingerprint density at radius 1 is 0.906 bits per heavy atom. The first-order chi connectivity index (χ1) is 15.5. The van der Waals surface area contributed by atoms with Crippen LogP contribution >= 0.6 is 0 Å². The zero-order chi connectivity index (χ0) is 22.8. The molecule has 0 saturated carbocycles. The number of ether oxygens (including phenoxy) is 3. The number of nitrogens with zero attached hydrogens (tertiary/aromatic N) is 2. The van der Waals surface area contributed by atoms with Gasteiger partial charge in [0.2, 0.25) is 6.23 Å². The lowest BCUT2D eigenvalue weighted by Gasteiger charge is -2.28. The van der Waals surface area contributed by atoms with E-state index in [9.17, 15) is 4.79 Å². The standard InChI is InChI=1S/C23H25F2N3O4/c24-23(25,17-31-16-19-9-5-2-6-10-19)21(28-12-11-20(26)27-22(28)29)32-14-13-30-15-18-7-3-1-4-8-18/h1-12,21H,13-17H2,(H2,26,27,29). The maximum absolute atomic E-state index is 15.0. The summed E-state index contributed by atoms with van der Waals surface area (Å²) in [7, 11) is 0. The summed E-state index contributed by atoms with van der Waals surface area (Å²) in [5, 5.41) is 0. The van der Waals surface area contributed by atoms with Crippen molar-refractivity contribution in [3.8, 4) is 0 Å². The molecular weight excluding hydrogens is 420 g/mol. The van der Waals surface area contributed by atoms with Crippen LogP contribution in [-0.2, 0) is 27.4 Å². The molecular formula is C23H25F2N3O4. The molecule has 0 aliphatic rings. The van der Waals surface area contributed by atoms with Crippen molar-refractivity contribution in [2.45, 2.75) is 25.4 Å². The Labute approximate surface area is 184 Å². The van der Waals surface area contributed by atoms with Gasteiger partial charge in [-0.1, -0.05) is 60.7 Å². The van der Waals surface area contributed by atoms with Gasteiger partial charge in [-0.3, -0.25) is 4.57 Å². The van der Waals surface area contributed by atoms with Crippen molar-refractivity contribution in [1.82, 2.24) is 9.55 Å². The van der Waals surface area contributed by atoms with Crippen molar-refractivity contribution < 1.29 is 23.0 Å². The van der Waals surface area contributed by atoms with Gasteiger partial charge in [-0.15, -0.1) is 0 Å². The first-order valence-electron chi connectivity index (χ1n) is 10.0. The van der Waals surface area contributed by atoms with Crippen LogP contribution in [0.3, 0.4) is 0 Å². The molecule has 3 aromatic rings. The van der Waals surface area contributed by atoms with Crippen LogP contribution in [0.5, 0.6) is 0 Å². The summed E-state index contributed by atoms with van der Waals surface area (Å²) >= 11 is 0. The van der Waals surface area contributed by atoms with Gasteiger partial charge in [0.25, 0.3) is 0 Å². The lowest BCUT2D eigenvalue weighted by atomic mass is 10.2. The van der Waals surface area contributed by atoms with Gasteiger partial charge in [-0.05, 0) is 17.2 Å². The number of hydrogen-bond acceptors (Lipinski definition) is 6. The largest absolute Gasteiger partial charge is 0.383 e. The van der Waals surface area contributed by atoms with E-state index in [1.165, 1.54) is 6.07 Å². The first-order valence-corrected chi connectivity index (χ1v) is 10.0. The topological polar surface area (TPSA) is 88.6 Å². The number of alkyl halides is 2. The zero-order valence-corrected chi connectivity index (χ0v) is 17.4. The van der Waals surface area contributed by atoms with E-state index in [1.807, 2.05) is 36.4 Å². The van der Waals surface area contributed by atoms with Crippen LogP contribution in [0.25, 0.3) is 0 Å². The van der Waals surface area contributed by atoms with Crippen molar-refractivity contribution in [2.75, 3.05) is 25.6 Å². The summed E-state index contributed by atoms with van der Waals surface area (Å²) in [6, 6.07) is 19.6. The van der Waals surface area contributed by atoms with Gasteiger partial charge in [-0.25, -0.2) is 4.79 Å². The Kier molecular flexibility index (Phi) is 8.43. The fraction of sp³-hybridized carbons (Fsp3) is 0.304. The van der Waals surface area contributed by atoms with Crippen LogP contribution in [0.4, 0.5) is 14.6 Å². The van der Waals surface area contributed by atoms with Crippen molar-refractivity contribution in [1.29, 1.82) is 0 Å². The zero-order valence-electron chi connectivity index (χ0n) is 17.4.